The Morgan fingerprint density at radius 3 is 2.44 bits per heavy atom. The third-order valence-corrected chi connectivity index (χ3v) is 5.81. The molecule has 1 fully saturated rings. The second-order valence-electron chi connectivity index (χ2n) is 8.06. The predicted octanol–water partition coefficient (Wildman–Crippen LogP) is 4.09. The van der Waals surface area contributed by atoms with Crippen molar-refractivity contribution < 1.29 is 36.3 Å². The van der Waals surface area contributed by atoms with Gasteiger partial charge in [-0.3, -0.25) is 9.59 Å². The average Bonchev–Trinajstić information content (AvgIpc) is 2.99. The molecule has 2 amide bonds. The molecule has 1 aromatic heterocycles. The molecule has 13 heteroatoms. The Morgan fingerprint density at radius 1 is 1.00 bits per heavy atom. The summed E-state index contributed by atoms with van der Waals surface area (Å²) in [4.78, 5) is 28.5. The van der Waals surface area contributed by atoms with Crippen molar-refractivity contribution >= 4 is 23.3 Å². The van der Waals surface area contributed by atoms with Crippen LogP contribution in [0.5, 0.6) is 11.6 Å². The van der Waals surface area contributed by atoms with Crippen LogP contribution in [-0.4, -0.2) is 53.1 Å². The summed E-state index contributed by atoms with van der Waals surface area (Å²) in [6.07, 6.45) is -4.66. The van der Waals surface area contributed by atoms with E-state index >= 15 is 0 Å². The summed E-state index contributed by atoms with van der Waals surface area (Å²) in [6, 6.07) is 7.45. The van der Waals surface area contributed by atoms with E-state index in [1.165, 1.54) is 23.1 Å². The van der Waals surface area contributed by atoms with E-state index in [9.17, 15) is 31.5 Å². The van der Waals surface area contributed by atoms with Crippen LogP contribution in [0, 0.1) is 11.6 Å². The first-order chi connectivity index (χ1) is 17.1. The third-order valence-electron chi connectivity index (χ3n) is 5.81. The smallest absolute Gasteiger partial charge is 0.417 e. The lowest BCUT2D eigenvalue weighted by Crippen LogP contribution is -2.49. The topological polar surface area (TPSA) is 87.7 Å². The number of carbonyl (C=O) groups excluding carboxylic acids is 2. The highest BCUT2D eigenvalue weighted by Crippen LogP contribution is 2.37. The maximum absolute atomic E-state index is 14.1. The van der Waals surface area contributed by atoms with Gasteiger partial charge in [0.1, 0.15) is 17.1 Å². The van der Waals surface area contributed by atoms with E-state index in [0.29, 0.717) is 6.07 Å². The van der Waals surface area contributed by atoms with Crippen molar-refractivity contribution in [3.8, 4) is 11.6 Å². The number of amides is 2. The number of piperazine rings is 1. The zero-order chi connectivity index (χ0) is 25.6. The summed E-state index contributed by atoms with van der Waals surface area (Å²) in [6.45, 7) is 0.608. The lowest BCUT2D eigenvalue weighted by molar-refractivity contribution is -0.138. The van der Waals surface area contributed by atoms with Gasteiger partial charge in [-0.1, -0.05) is 12.1 Å². The quantitative estimate of drug-likeness (QED) is 0.528. The zero-order valence-electron chi connectivity index (χ0n) is 18.3. The Bertz CT molecular complexity index is 1370. The lowest BCUT2D eigenvalue weighted by atomic mass is 10.1. The Hall–Kier alpha value is -4.29. The molecule has 0 spiro atoms. The Balaban J connectivity index is 1.33. The van der Waals surface area contributed by atoms with Gasteiger partial charge in [-0.2, -0.15) is 13.2 Å². The van der Waals surface area contributed by atoms with Gasteiger partial charge in [0.05, 0.1) is 11.1 Å². The number of hydrogen-bond donors (Lipinski definition) is 1. The molecule has 2 aliphatic rings. The molecule has 2 aliphatic heterocycles. The molecule has 1 N–H and O–H groups in total. The molecule has 0 unspecified atom stereocenters. The molecule has 186 valence electrons. The van der Waals surface area contributed by atoms with Crippen molar-refractivity contribution in [3.05, 3.63) is 70.8 Å². The first-order valence-electron chi connectivity index (χ1n) is 10.7. The monoisotopic (exact) mass is 505 g/mol. The van der Waals surface area contributed by atoms with E-state index in [1.807, 2.05) is 0 Å². The van der Waals surface area contributed by atoms with Crippen LogP contribution in [0.25, 0.3) is 0 Å². The number of nitrogens with one attached hydrogen (secondary N) is 1. The van der Waals surface area contributed by atoms with Gasteiger partial charge in [0.25, 0.3) is 17.7 Å². The van der Waals surface area contributed by atoms with Gasteiger partial charge in [0.15, 0.2) is 17.4 Å². The van der Waals surface area contributed by atoms with Crippen molar-refractivity contribution in [2.75, 3.05) is 36.4 Å². The summed E-state index contributed by atoms with van der Waals surface area (Å²) in [7, 11) is 0. The highest BCUT2D eigenvalue weighted by atomic mass is 19.4. The molecular weight excluding hydrogens is 489 g/mol. The number of benzene rings is 2. The Labute approximate surface area is 200 Å². The number of carbonyl (C=O) groups is 2. The van der Waals surface area contributed by atoms with Gasteiger partial charge in [0, 0.05) is 44.4 Å². The first-order valence-corrected chi connectivity index (χ1v) is 10.7. The van der Waals surface area contributed by atoms with Crippen LogP contribution in [-0.2, 0) is 6.18 Å². The fourth-order valence-corrected chi connectivity index (χ4v) is 4.03. The summed E-state index contributed by atoms with van der Waals surface area (Å²) in [5, 5.41) is 10.2. The van der Waals surface area contributed by atoms with Crippen LogP contribution in [0.2, 0.25) is 0 Å². The highest BCUT2D eigenvalue weighted by molar-refractivity contribution is 6.08. The molecule has 0 bridgehead atoms. The number of hydrogen-bond acceptors (Lipinski definition) is 6. The molecule has 1 saturated heterocycles. The number of rotatable bonds is 2. The van der Waals surface area contributed by atoms with Crippen molar-refractivity contribution in [3.63, 3.8) is 0 Å². The van der Waals surface area contributed by atoms with Crippen LogP contribution in [0.1, 0.15) is 26.3 Å². The minimum Gasteiger partial charge on any atom is -0.434 e. The summed E-state index contributed by atoms with van der Waals surface area (Å²) in [5.41, 5.74) is -1.85. The molecule has 5 rings (SSSR count). The number of aromatic nitrogens is 2. The number of alkyl halides is 3. The molecule has 0 aliphatic carbocycles. The molecule has 0 atom stereocenters. The largest absolute Gasteiger partial charge is 0.434 e. The van der Waals surface area contributed by atoms with Crippen LogP contribution in [0.3, 0.4) is 0 Å². The number of fused-ring (bicyclic) bond motifs is 2. The second kappa shape index (κ2) is 8.73. The predicted molar refractivity (Wildman–Crippen MR) is 116 cm³/mol. The van der Waals surface area contributed by atoms with Gasteiger partial charge in [0.2, 0.25) is 0 Å². The molecule has 2 aromatic carbocycles. The lowest BCUT2D eigenvalue weighted by Gasteiger charge is -2.35. The first kappa shape index (κ1) is 23.5. The van der Waals surface area contributed by atoms with E-state index in [4.69, 9.17) is 4.74 Å². The maximum atomic E-state index is 14.1. The van der Waals surface area contributed by atoms with Crippen molar-refractivity contribution in [1.29, 1.82) is 0 Å². The van der Waals surface area contributed by atoms with Gasteiger partial charge >= 0.3 is 6.18 Å². The van der Waals surface area contributed by atoms with E-state index in [-0.39, 0.29) is 54.9 Å². The molecule has 3 heterocycles. The zero-order valence-corrected chi connectivity index (χ0v) is 18.3. The van der Waals surface area contributed by atoms with E-state index in [0.717, 1.165) is 18.2 Å². The normalized spacial score (nSPS) is 15.4. The molecule has 3 aromatic rings. The molecular formula is C23H16F5N5O3. The minimum absolute atomic E-state index is 0.0754. The number of ether oxygens (including phenoxy) is 1. The van der Waals surface area contributed by atoms with E-state index in [1.54, 1.807) is 4.90 Å². The summed E-state index contributed by atoms with van der Waals surface area (Å²) >= 11 is 0. The van der Waals surface area contributed by atoms with Crippen LogP contribution in [0.15, 0.2) is 42.5 Å². The van der Waals surface area contributed by atoms with Crippen LogP contribution in [0.4, 0.5) is 33.5 Å². The fraction of sp³-hybridized carbons (Fsp3) is 0.217. The Morgan fingerprint density at radius 2 is 1.72 bits per heavy atom. The molecule has 36 heavy (non-hydrogen) atoms. The maximum Gasteiger partial charge on any atom is 0.417 e. The highest BCUT2D eigenvalue weighted by Gasteiger charge is 2.36. The SMILES string of the molecule is O=C1Nc2c(F)cc(F)cc2Oc2nnc(N3CCN(C(=O)c4ccccc4C(F)(F)F)CC3)cc21. The van der Waals surface area contributed by atoms with Crippen molar-refractivity contribution in [1.82, 2.24) is 15.1 Å². The average molecular weight is 505 g/mol. The molecule has 0 saturated carbocycles. The van der Waals surface area contributed by atoms with Crippen LogP contribution < -0.4 is 15.0 Å². The van der Waals surface area contributed by atoms with Gasteiger partial charge in [-0.25, -0.2) is 8.78 Å². The minimum atomic E-state index is -4.66. The van der Waals surface area contributed by atoms with Gasteiger partial charge in [-0.15, -0.1) is 10.2 Å². The van der Waals surface area contributed by atoms with E-state index in [2.05, 4.69) is 15.5 Å². The van der Waals surface area contributed by atoms with Gasteiger partial charge in [-0.05, 0) is 12.1 Å². The van der Waals surface area contributed by atoms with Crippen molar-refractivity contribution in [2.24, 2.45) is 0 Å². The second-order valence-corrected chi connectivity index (χ2v) is 8.06. The van der Waals surface area contributed by atoms with E-state index < -0.39 is 40.8 Å². The van der Waals surface area contributed by atoms with Crippen molar-refractivity contribution in [2.45, 2.75) is 6.18 Å². The number of halogens is 5. The molecule has 8 nitrogen and oxygen atoms in total. The summed E-state index contributed by atoms with van der Waals surface area (Å²) in [5.74, 6) is -3.69. The Kier molecular flexibility index (Phi) is 5.69. The standard InChI is InChI=1S/C23H16F5N5O3/c24-12-9-16(25)19-17(10-12)36-21-14(20(34)29-19)11-18(30-31-21)32-5-7-33(8-6-32)22(35)13-3-1-2-4-15(13)23(26,27)28/h1-4,9-11H,5-8H2,(H,29,34). The van der Waals surface area contributed by atoms with Gasteiger partial charge < -0.3 is 19.9 Å². The summed E-state index contributed by atoms with van der Waals surface area (Å²) < 4.78 is 73.1. The fourth-order valence-electron chi connectivity index (χ4n) is 4.03. The van der Waals surface area contributed by atoms with Crippen LogP contribution >= 0.6 is 0 Å². The number of nitrogens with zero attached hydrogens (tertiary/aromatic N) is 4. The number of anilines is 2. The third kappa shape index (κ3) is 4.27. The molecule has 0 radical (unpaired) electrons.